The molecule has 0 bridgehead atoms. The average molecular weight is 386 g/mol. The summed E-state index contributed by atoms with van der Waals surface area (Å²) < 4.78 is 37.8. The molecule has 1 aliphatic carbocycles. The van der Waals surface area contributed by atoms with Gasteiger partial charge in [-0.1, -0.05) is 6.92 Å². The van der Waals surface area contributed by atoms with Crippen LogP contribution in [0.4, 0.5) is 0 Å². The molecular formula is C18H18N4O4S. The Morgan fingerprint density at radius 1 is 1.30 bits per heavy atom. The average Bonchev–Trinajstić information content (AvgIpc) is 3.10. The molecule has 2 aliphatic rings. The van der Waals surface area contributed by atoms with Crippen molar-refractivity contribution in [1.29, 1.82) is 5.26 Å². The van der Waals surface area contributed by atoms with E-state index in [1.54, 1.807) is 37.0 Å². The van der Waals surface area contributed by atoms with Crippen LogP contribution >= 0.6 is 0 Å². The number of ether oxygens (including phenoxy) is 2. The maximum atomic E-state index is 12.7. The predicted octanol–water partition coefficient (Wildman–Crippen LogP) is 2.35. The van der Waals surface area contributed by atoms with E-state index in [4.69, 9.17) is 9.47 Å². The van der Waals surface area contributed by atoms with Gasteiger partial charge in [-0.3, -0.25) is 4.98 Å². The van der Waals surface area contributed by atoms with Crippen LogP contribution in [-0.4, -0.2) is 28.7 Å². The third-order valence-corrected chi connectivity index (χ3v) is 6.76. The summed E-state index contributed by atoms with van der Waals surface area (Å²) in [6.45, 7) is 1.58. The molecule has 2 aromatic heterocycles. The number of aromatic nitrogens is 3. The molecule has 3 heterocycles. The van der Waals surface area contributed by atoms with Crippen LogP contribution in [0.25, 0.3) is 11.5 Å². The van der Waals surface area contributed by atoms with E-state index in [0.717, 1.165) is 0 Å². The van der Waals surface area contributed by atoms with Crippen LogP contribution in [0.2, 0.25) is 0 Å². The highest BCUT2D eigenvalue weighted by Gasteiger charge is 2.46. The van der Waals surface area contributed by atoms with Crippen LogP contribution in [-0.2, 0) is 31.8 Å². The zero-order valence-electron chi connectivity index (χ0n) is 14.9. The SMILES string of the molecule is CCS(=O)(=O)c1cc(C2(C#N)CC2)cnc1-c1ncc(C2OC=CO2)n1C. The molecule has 4 rings (SSSR count). The number of imidazole rings is 1. The van der Waals surface area contributed by atoms with Gasteiger partial charge in [0.05, 0.1) is 28.3 Å². The Morgan fingerprint density at radius 3 is 2.59 bits per heavy atom. The highest BCUT2D eigenvalue weighted by molar-refractivity contribution is 7.91. The smallest absolute Gasteiger partial charge is 0.282 e. The zero-order chi connectivity index (χ0) is 19.2. The van der Waals surface area contributed by atoms with Gasteiger partial charge in [0.1, 0.15) is 23.9 Å². The Bertz CT molecular complexity index is 1070. The van der Waals surface area contributed by atoms with E-state index in [1.807, 2.05) is 0 Å². The highest BCUT2D eigenvalue weighted by atomic mass is 32.2. The summed E-state index contributed by atoms with van der Waals surface area (Å²) in [5.41, 5.74) is 0.917. The molecule has 1 aliphatic heterocycles. The summed E-state index contributed by atoms with van der Waals surface area (Å²) in [7, 11) is -1.82. The van der Waals surface area contributed by atoms with Gasteiger partial charge in [0, 0.05) is 13.2 Å². The Kier molecular flexibility index (Phi) is 3.96. The van der Waals surface area contributed by atoms with Gasteiger partial charge in [-0.05, 0) is 24.5 Å². The van der Waals surface area contributed by atoms with Gasteiger partial charge in [0.15, 0.2) is 15.7 Å². The first kappa shape index (κ1) is 17.5. The van der Waals surface area contributed by atoms with Gasteiger partial charge in [-0.15, -0.1) is 0 Å². The summed E-state index contributed by atoms with van der Waals surface area (Å²) in [4.78, 5) is 8.85. The molecule has 0 radical (unpaired) electrons. The second kappa shape index (κ2) is 6.09. The second-order valence-corrected chi connectivity index (χ2v) is 8.86. The summed E-state index contributed by atoms with van der Waals surface area (Å²) in [5, 5.41) is 9.44. The first-order chi connectivity index (χ1) is 12.9. The normalized spacial score (nSPS) is 18.0. The molecule has 27 heavy (non-hydrogen) atoms. The topological polar surface area (TPSA) is 107 Å². The van der Waals surface area contributed by atoms with E-state index in [9.17, 15) is 13.7 Å². The van der Waals surface area contributed by atoms with Crippen LogP contribution in [0.15, 0.2) is 35.9 Å². The Balaban J connectivity index is 1.85. The van der Waals surface area contributed by atoms with Gasteiger partial charge >= 0.3 is 0 Å². The molecule has 0 aromatic carbocycles. The van der Waals surface area contributed by atoms with Crippen molar-refractivity contribution in [2.45, 2.75) is 36.4 Å². The predicted molar refractivity (Wildman–Crippen MR) is 94.7 cm³/mol. The second-order valence-electron chi connectivity index (χ2n) is 6.61. The van der Waals surface area contributed by atoms with Crippen molar-refractivity contribution in [2.24, 2.45) is 7.05 Å². The number of rotatable bonds is 5. The van der Waals surface area contributed by atoms with E-state index in [2.05, 4.69) is 16.0 Å². The van der Waals surface area contributed by atoms with Crippen LogP contribution < -0.4 is 0 Å². The third kappa shape index (κ3) is 2.77. The largest absolute Gasteiger partial charge is 0.454 e. The minimum absolute atomic E-state index is 0.0687. The molecular weight excluding hydrogens is 368 g/mol. The Hall–Kier alpha value is -2.86. The molecule has 8 nitrogen and oxygen atoms in total. The van der Waals surface area contributed by atoms with Crippen molar-refractivity contribution in [1.82, 2.24) is 14.5 Å². The van der Waals surface area contributed by atoms with Gasteiger partial charge in [0.2, 0.25) is 0 Å². The molecule has 0 amide bonds. The maximum Gasteiger partial charge on any atom is 0.282 e. The van der Waals surface area contributed by atoms with E-state index in [-0.39, 0.29) is 16.3 Å². The summed E-state index contributed by atoms with van der Waals surface area (Å²) in [5.74, 6) is 0.324. The fourth-order valence-corrected chi connectivity index (χ4v) is 4.15. The number of hydrogen-bond donors (Lipinski definition) is 0. The van der Waals surface area contributed by atoms with Crippen molar-refractivity contribution in [2.75, 3.05) is 5.75 Å². The molecule has 2 aromatic rings. The lowest BCUT2D eigenvalue weighted by Crippen LogP contribution is -2.13. The molecule has 140 valence electrons. The monoisotopic (exact) mass is 386 g/mol. The first-order valence-corrected chi connectivity index (χ1v) is 10.2. The standard InChI is InChI=1S/C18H18N4O4S/c1-3-27(23,24)14-8-12(18(11-19)4-5-18)9-20-15(14)16-21-10-13(22(16)2)17-25-6-7-26-17/h6-10,17H,3-5H2,1-2H3. The zero-order valence-corrected chi connectivity index (χ0v) is 15.7. The highest BCUT2D eigenvalue weighted by Crippen LogP contribution is 2.48. The molecule has 0 atom stereocenters. The molecule has 1 fully saturated rings. The summed E-state index contributed by atoms with van der Waals surface area (Å²) in [6.07, 6.45) is 6.83. The van der Waals surface area contributed by atoms with Crippen LogP contribution in [0.5, 0.6) is 0 Å². The lowest BCUT2D eigenvalue weighted by molar-refractivity contribution is -0.0298. The molecule has 0 N–H and O–H groups in total. The molecule has 0 spiro atoms. The van der Waals surface area contributed by atoms with E-state index < -0.39 is 21.5 Å². The third-order valence-electron chi connectivity index (χ3n) is 5.02. The Labute approximate surface area is 157 Å². The first-order valence-electron chi connectivity index (χ1n) is 8.54. The number of sulfone groups is 1. The molecule has 0 saturated heterocycles. The number of pyridine rings is 1. The summed E-state index contributed by atoms with van der Waals surface area (Å²) >= 11 is 0. The van der Waals surface area contributed by atoms with Crippen LogP contribution in [0.1, 0.15) is 37.3 Å². The van der Waals surface area contributed by atoms with Crippen molar-refractivity contribution in [3.05, 3.63) is 42.2 Å². The van der Waals surface area contributed by atoms with Crippen molar-refractivity contribution in [3.63, 3.8) is 0 Å². The van der Waals surface area contributed by atoms with Crippen molar-refractivity contribution < 1.29 is 17.9 Å². The fraction of sp³-hybridized carbons (Fsp3) is 0.389. The number of nitrogens with zero attached hydrogens (tertiary/aromatic N) is 4. The maximum absolute atomic E-state index is 12.7. The molecule has 1 saturated carbocycles. The lowest BCUT2D eigenvalue weighted by atomic mass is 9.99. The van der Waals surface area contributed by atoms with E-state index >= 15 is 0 Å². The quantitative estimate of drug-likeness (QED) is 0.776. The van der Waals surface area contributed by atoms with E-state index in [1.165, 1.54) is 12.5 Å². The number of nitriles is 1. The number of hydrogen-bond acceptors (Lipinski definition) is 7. The van der Waals surface area contributed by atoms with Crippen LogP contribution in [0, 0.1) is 11.3 Å². The van der Waals surface area contributed by atoms with Gasteiger partial charge in [-0.25, -0.2) is 13.4 Å². The van der Waals surface area contributed by atoms with Crippen LogP contribution in [0.3, 0.4) is 0 Å². The van der Waals surface area contributed by atoms with Gasteiger partial charge in [-0.2, -0.15) is 5.26 Å². The van der Waals surface area contributed by atoms with Gasteiger partial charge < -0.3 is 14.0 Å². The van der Waals surface area contributed by atoms with E-state index in [0.29, 0.717) is 29.9 Å². The van der Waals surface area contributed by atoms with Gasteiger partial charge in [0.25, 0.3) is 6.29 Å². The molecule has 9 heteroatoms. The van der Waals surface area contributed by atoms with Crippen molar-refractivity contribution in [3.8, 4) is 17.6 Å². The lowest BCUT2D eigenvalue weighted by Gasteiger charge is -2.14. The van der Waals surface area contributed by atoms with Crippen molar-refractivity contribution >= 4 is 9.84 Å². The summed E-state index contributed by atoms with van der Waals surface area (Å²) in [6, 6.07) is 3.86. The minimum Gasteiger partial charge on any atom is -0.454 e. The minimum atomic E-state index is -3.57. The molecule has 0 unspecified atom stereocenters. The fourth-order valence-electron chi connectivity index (χ4n) is 3.10. The Morgan fingerprint density at radius 2 is 2.00 bits per heavy atom.